The Hall–Kier alpha value is -2.71. The Morgan fingerprint density at radius 1 is 1.30 bits per heavy atom. The van der Waals surface area contributed by atoms with Gasteiger partial charge in [0.25, 0.3) is 0 Å². The topological polar surface area (TPSA) is 96.2 Å². The first-order valence-corrected chi connectivity index (χ1v) is 11.1. The van der Waals surface area contributed by atoms with E-state index in [1.54, 1.807) is 12.3 Å². The summed E-state index contributed by atoms with van der Waals surface area (Å²) in [6, 6.07) is 9.43. The van der Waals surface area contributed by atoms with E-state index in [1.807, 2.05) is 34.6 Å². The highest BCUT2D eigenvalue weighted by atomic mass is 35.5. The van der Waals surface area contributed by atoms with E-state index in [4.69, 9.17) is 17.3 Å². The van der Waals surface area contributed by atoms with E-state index < -0.39 is 0 Å². The summed E-state index contributed by atoms with van der Waals surface area (Å²) in [7, 11) is 0. The van der Waals surface area contributed by atoms with Gasteiger partial charge in [0.2, 0.25) is 11.9 Å². The van der Waals surface area contributed by atoms with Crippen molar-refractivity contribution in [3.63, 3.8) is 0 Å². The summed E-state index contributed by atoms with van der Waals surface area (Å²) >= 11 is 7.49. The van der Waals surface area contributed by atoms with Crippen LogP contribution in [0.5, 0.6) is 0 Å². The minimum atomic E-state index is 0.251. The van der Waals surface area contributed by atoms with Gasteiger partial charge in [-0.05, 0) is 36.6 Å². The van der Waals surface area contributed by atoms with Crippen LogP contribution in [-0.2, 0) is 4.79 Å². The monoisotopic (exact) mass is 442 g/mol. The van der Waals surface area contributed by atoms with Gasteiger partial charge in [0, 0.05) is 42.7 Å². The molecule has 0 atom stereocenters. The zero-order valence-electron chi connectivity index (χ0n) is 16.4. The molecule has 0 saturated carbocycles. The molecule has 30 heavy (non-hydrogen) atoms. The Balaban J connectivity index is 1.35. The van der Waals surface area contributed by atoms with Crippen molar-refractivity contribution >= 4 is 46.6 Å². The molecule has 0 aliphatic carbocycles. The number of anilines is 1. The first-order chi connectivity index (χ1) is 14.6. The van der Waals surface area contributed by atoms with E-state index in [1.165, 1.54) is 11.8 Å². The number of nitrogens with zero attached hydrogens (tertiary/aromatic N) is 3. The third kappa shape index (κ3) is 4.88. The highest BCUT2D eigenvalue weighted by molar-refractivity contribution is 8.06. The van der Waals surface area contributed by atoms with Gasteiger partial charge < -0.3 is 21.3 Å². The maximum atomic E-state index is 11.7. The molecule has 1 aromatic heterocycles. The molecule has 0 bridgehead atoms. The molecule has 2 aliphatic heterocycles. The number of aromatic nitrogens is 2. The molecule has 156 valence electrons. The second kappa shape index (κ2) is 9.40. The fourth-order valence-corrected chi connectivity index (χ4v) is 4.28. The van der Waals surface area contributed by atoms with Crippen molar-refractivity contribution in [2.24, 2.45) is 5.73 Å². The van der Waals surface area contributed by atoms with Crippen LogP contribution in [0.2, 0.25) is 5.02 Å². The molecular weight excluding hydrogens is 420 g/mol. The second-order valence-electron chi connectivity index (χ2n) is 7.05. The van der Waals surface area contributed by atoms with Gasteiger partial charge in [0.1, 0.15) is 5.03 Å². The summed E-state index contributed by atoms with van der Waals surface area (Å²) in [5.41, 5.74) is 9.59. The number of rotatable bonds is 7. The van der Waals surface area contributed by atoms with Crippen LogP contribution in [0.15, 0.2) is 47.0 Å². The van der Waals surface area contributed by atoms with Crippen LogP contribution >= 0.6 is 23.4 Å². The highest BCUT2D eigenvalue weighted by Crippen LogP contribution is 2.33. The number of thioether (sulfide) groups is 1. The summed E-state index contributed by atoms with van der Waals surface area (Å²) in [6.45, 7) is 2.32. The zero-order valence-corrected chi connectivity index (χ0v) is 18.0. The number of hydrogen-bond donors (Lipinski definition) is 3. The Morgan fingerprint density at radius 3 is 2.90 bits per heavy atom. The van der Waals surface area contributed by atoms with Gasteiger partial charge >= 0.3 is 0 Å². The van der Waals surface area contributed by atoms with Crippen LogP contribution in [0, 0.1) is 0 Å². The third-order valence-corrected chi connectivity index (χ3v) is 6.10. The molecular formula is C21H23ClN6OS. The maximum absolute atomic E-state index is 11.7. The van der Waals surface area contributed by atoms with E-state index in [-0.39, 0.29) is 5.91 Å². The van der Waals surface area contributed by atoms with Gasteiger partial charge in [-0.25, -0.2) is 9.97 Å². The second-order valence-corrected chi connectivity index (χ2v) is 8.37. The Labute approximate surface area is 184 Å². The Morgan fingerprint density at radius 2 is 2.13 bits per heavy atom. The zero-order chi connectivity index (χ0) is 20.9. The normalized spacial score (nSPS) is 17.7. The Kier molecular flexibility index (Phi) is 6.44. The van der Waals surface area contributed by atoms with Crippen LogP contribution in [-0.4, -0.2) is 40.4 Å². The molecule has 2 aromatic rings. The summed E-state index contributed by atoms with van der Waals surface area (Å²) in [6.07, 6.45) is 4.18. The van der Waals surface area contributed by atoms with E-state index >= 15 is 0 Å². The van der Waals surface area contributed by atoms with Crippen molar-refractivity contribution in [1.29, 1.82) is 0 Å². The molecule has 0 radical (unpaired) electrons. The van der Waals surface area contributed by atoms with Crippen molar-refractivity contribution in [2.75, 3.05) is 25.0 Å². The molecule has 2 aliphatic rings. The third-order valence-electron chi connectivity index (χ3n) is 4.93. The Bertz CT molecular complexity index is 991. The number of hydrogen-bond acceptors (Lipinski definition) is 7. The lowest BCUT2D eigenvalue weighted by atomic mass is 10.2. The van der Waals surface area contributed by atoms with Crippen LogP contribution in [0.25, 0.3) is 11.4 Å². The number of benzene rings is 1. The molecule has 9 heteroatoms. The van der Waals surface area contributed by atoms with Crippen molar-refractivity contribution in [3.05, 3.63) is 63.2 Å². The van der Waals surface area contributed by atoms with E-state index in [0.29, 0.717) is 35.3 Å². The van der Waals surface area contributed by atoms with Gasteiger partial charge in [0.05, 0.1) is 17.1 Å². The lowest BCUT2D eigenvalue weighted by Crippen LogP contribution is -2.27. The van der Waals surface area contributed by atoms with E-state index in [2.05, 4.69) is 20.6 Å². The molecule has 4 N–H and O–H groups in total. The number of amides is 1. The average Bonchev–Trinajstić information content (AvgIpc) is 3.41. The highest BCUT2D eigenvalue weighted by Gasteiger charge is 2.19. The molecule has 0 unspecified atom stereocenters. The van der Waals surface area contributed by atoms with Crippen LogP contribution in [0.3, 0.4) is 0 Å². The first kappa shape index (κ1) is 20.6. The SMILES string of the molecule is N/C(=C1\NC(c2ccc(Cl)cc2)=CS1)c1ccnc(NCCCN2CCCC2=O)n1. The van der Waals surface area contributed by atoms with Crippen LogP contribution < -0.4 is 16.4 Å². The average molecular weight is 443 g/mol. The lowest BCUT2D eigenvalue weighted by molar-refractivity contribution is -0.127. The fourth-order valence-electron chi connectivity index (χ4n) is 3.32. The van der Waals surface area contributed by atoms with E-state index in [9.17, 15) is 4.79 Å². The largest absolute Gasteiger partial charge is 0.395 e. The van der Waals surface area contributed by atoms with Gasteiger partial charge in [0.15, 0.2) is 0 Å². The van der Waals surface area contributed by atoms with Gasteiger partial charge in [-0.3, -0.25) is 4.79 Å². The van der Waals surface area contributed by atoms with Crippen molar-refractivity contribution < 1.29 is 4.79 Å². The van der Waals surface area contributed by atoms with Crippen molar-refractivity contribution in [1.82, 2.24) is 20.2 Å². The van der Waals surface area contributed by atoms with Gasteiger partial charge in [-0.1, -0.05) is 35.5 Å². The van der Waals surface area contributed by atoms with Crippen molar-refractivity contribution in [2.45, 2.75) is 19.3 Å². The number of likely N-dealkylation sites (tertiary alicyclic amines) is 1. The standard InChI is InChI=1S/C21H23ClN6OS/c22-15-6-4-14(5-7-15)17-13-30-20(26-17)19(23)16-8-10-25-21(27-16)24-9-2-12-28-11-1-3-18(28)29/h4-8,10,13,26H,1-3,9,11-12,23H2,(H,24,25,27)/b20-19+. The summed E-state index contributed by atoms with van der Waals surface area (Å²) in [4.78, 5) is 22.4. The lowest BCUT2D eigenvalue weighted by Gasteiger charge is -2.15. The molecule has 1 fully saturated rings. The minimum absolute atomic E-state index is 0.251. The van der Waals surface area contributed by atoms with Crippen molar-refractivity contribution in [3.8, 4) is 0 Å². The predicted molar refractivity (Wildman–Crippen MR) is 122 cm³/mol. The predicted octanol–water partition coefficient (Wildman–Crippen LogP) is 3.47. The molecule has 0 spiro atoms. The van der Waals surface area contributed by atoms with Gasteiger partial charge in [-0.2, -0.15) is 0 Å². The number of halogens is 1. The number of carbonyl (C=O) groups is 1. The van der Waals surface area contributed by atoms with E-state index in [0.717, 1.165) is 42.2 Å². The summed E-state index contributed by atoms with van der Waals surface area (Å²) in [5.74, 6) is 0.776. The molecule has 7 nitrogen and oxygen atoms in total. The smallest absolute Gasteiger partial charge is 0.223 e. The number of nitrogens with two attached hydrogens (primary N) is 1. The van der Waals surface area contributed by atoms with Crippen LogP contribution in [0.1, 0.15) is 30.5 Å². The molecule has 1 amide bonds. The molecule has 1 saturated heterocycles. The summed E-state index contributed by atoms with van der Waals surface area (Å²) in [5, 5.41) is 10.1. The minimum Gasteiger partial charge on any atom is -0.395 e. The quantitative estimate of drug-likeness (QED) is 0.565. The molecule has 4 rings (SSSR count). The molecule has 1 aromatic carbocycles. The van der Waals surface area contributed by atoms with Gasteiger partial charge in [-0.15, -0.1) is 0 Å². The number of carbonyl (C=O) groups excluding carboxylic acids is 1. The number of nitrogens with one attached hydrogen (secondary N) is 2. The fraction of sp³-hybridized carbons (Fsp3) is 0.286. The van der Waals surface area contributed by atoms with Crippen LogP contribution in [0.4, 0.5) is 5.95 Å². The summed E-state index contributed by atoms with van der Waals surface area (Å²) < 4.78 is 0. The maximum Gasteiger partial charge on any atom is 0.223 e. The first-order valence-electron chi connectivity index (χ1n) is 9.85. The molecule has 3 heterocycles.